The molecule has 1 fully saturated rings. The van der Waals surface area contributed by atoms with Gasteiger partial charge in [-0.25, -0.2) is 0 Å². The number of rotatable bonds is 3. The number of nitrogens with zero attached hydrogens (tertiary/aromatic N) is 4. The molecule has 1 aliphatic heterocycles. The Hall–Kier alpha value is -1.56. The average molecular weight is 237 g/mol. The Labute approximate surface area is 101 Å². The molecule has 0 amide bonds. The molecular weight excluding hydrogens is 218 g/mol. The highest BCUT2D eigenvalue weighted by atomic mass is 16.4. The largest absolute Gasteiger partial charge is 0.409 e. The minimum absolute atomic E-state index is 0.279. The molecule has 0 saturated carbocycles. The lowest BCUT2D eigenvalue weighted by molar-refractivity contribution is 0.232. The van der Waals surface area contributed by atoms with E-state index in [9.17, 15) is 0 Å². The third kappa shape index (κ3) is 2.97. The van der Waals surface area contributed by atoms with Crippen molar-refractivity contribution in [1.82, 2.24) is 14.7 Å². The van der Waals surface area contributed by atoms with Crippen LogP contribution in [0.2, 0.25) is 0 Å². The Kier molecular flexibility index (Phi) is 3.63. The summed E-state index contributed by atoms with van der Waals surface area (Å²) in [5.74, 6) is 0.820. The van der Waals surface area contributed by atoms with Crippen LogP contribution >= 0.6 is 0 Å². The van der Waals surface area contributed by atoms with Gasteiger partial charge in [0.2, 0.25) is 0 Å². The molecule has 0 atom stereocenters. The van der Waals surface area contributed by atoms with Crippen molar-refractivity contribution in [2.75, 3.05) is 19.6 Å². The Bertz CT molecular complexity index is 392. The molecule has 0 aromatic carbocycles. The number of amidine groups is 1. The standard InChI is InChI=1S/C11H19N5O/c1-15-5-4-10(13-15)9-2-6-16(7-3-9)8-11(12)14-17/h4-5,9,17H,2-3,6-8H2,1H3,(H2,12,14). The van der Waals surface area contributed by atoms with Crippen LogP contribution in [-0.2, 0) is 7.05 Å². The van der Waals surface area contributed by atoms with Crippen LogP contribution in [-0.4, -0.2) is 45.4 Å². The molecule has 2 heterocycles. The maximum absolute atomic E-state index is 8.52. The van der Waals surface area contributed by atoms with Crippen LogP contribution in [0, 0.1) is 0 Å². The zero-order valence-electron chi connectivity index (χ0n) is 10.1. The van der Waals surface area contributed by atoms with Crippen molar-refractivity contribution in [2.45, 2.75) is 18.8 Å². The summed E-state index contributed by atoms with van der Waals surface area (Å²) in [6.45, 7) is 2.49. The second kappa shape index (κ2) is 5.18. The molecule has 0 radical (unpaired) electrons. The first-order valence-electron chi connectivity index (χ1n) is 5.87. The van der Waals surface area contributed by atoms with Crippen molar-refractivity contribution >= 4 is 5.84 Å². The van der Waals surface area contributed by atoms with Gasteiger partial charge in [0.15, 0.2) is 5.84 Å². The van der Waals surface area contributed by atoms with Gasteiger partial charge >= 0.3 is 0 Å². The maximum Gasteiger partial charge on any atom is 0.153 e. The summed E-state index contributed by atoms with van der Waals surface area (Å²) in [5, 5.41) is 16.0. The molecular formula is C11H19N5O. The van der Waals surface area contributed by atoms with E-state index in [-0.39, 0.29) is 5.84 Å². The van der Waals surface area contributed by atoms with Crippen LogP contribution in [0.5, 0.6) is 0 Å². The van der Waals surface area contributed by atoms with Crippen LogP contribution < -0.4 is 5.73 Å². The highest BCUT2D eigenvalue weighted by Gasteiger charge is 2.22. The van der Waals surface area contributed by atoms with E-state index < -0.39 is 0 Å². The minimum atomic E-state index is 0.279. The van der Waals surface area contributed by atoms with Gasteiger partial charge in [-0.15, -0.1) is 0 Å². The lowest BCUT2D eigenvalue weighted by atomic mass is 9.94. The molecule has 1 saturated heterocycles. The van der Waals surface area contributed by atoms with Crippen molar-refractivity contribution in [3.63, 3.8) is 0 Å². The summed E-state index contributed by atoms with van der Waals surface area (Å²) >= 11 is 0. The Balaban J connectivity index is 1.86. The molecule has 0 unspecified atom stereocenters. The fourth-order valence-electron chi connectivity index (χ4n) is 2.30. The number of piperidine rings is 1. The van der Waals surface area contributed by atoms with Crippen LogP contribution in [0.4, 0.5) is 0 Å². The Morgan fingerprint density at radius 2 is 2.29 bits per heavy atom. The van der Waals surface area contributed by atoms with E-state index in [4.69, 9.17) is 10.9 Å². The first kappa shape index (κ1) is 11.9. The molecule has 94 valence electrons. The molecule has 2 rings (SSSR count). The molecule has 1 aromatic rings. The first-order chi connectivity index (χ1) is 8.19. The van der Waals surface area contributed by atoms with E-state index in [1.807, 2.05) is 17.9 Å². The lowest BCUT2D eigenvalue weighted by Gasteiger charge is -2.30. The van der Waals surface area contributed by atoms with Gasteiger partial charge in [-0.05, 0) is 32.0 Å². The smallest absolute Gasteiger partial charge is 0.153 e. The van der Waals surface area contributed by atoms with Crippen LogP contribution in [0.3, 0.4) is 0 Å². The summed E-state index contributed by atoms with van der Waals surface area (Å²) in [5.41, 5.74) is 6.67. The third-order valence-corrected chi connectivity index (χ3v) is 3.25. The molecule has 6 nitrogen and oxygen atoms in total. The van der Waals surface area contributed by atoms with Gasteiger partial charge in [0.05, 0.1) is 12.2 Å². The highest BCUT2D eigenvalue weighted by Crippen LogP contribution is 2.26. The minimum Gasteiger partial charge on any atom is -0.409 e. The van der Waals surface area contributed by atoms with Gasteiger partial charge in [-0.2, -0.15) is 5.10 Å². The fraction of sp³-hybridized carbons (Fsp3) is 0.636. The Morgan fingerprint density at radius 3 is 2.82 bits per heavy atom. The molecule has 1 aliphatic rings. The zero-order chi connectivity index (χ0) is 12.3. The quantitative estimate of drug-likeness (QED) is 0.344. The van der Waals surface area contributed by atoms with E-state index in [1.54, 1.807) is 0 Å². The van der Waals surface area contributed by atoms with Crippen molar-refractivity contribution in [3.8, 4) is 0 Å². The van der Waals surface area contributed by atoms with Crippen LogP contribution in [0.25, 0.3) is 0 Å². The first-order valence-corrected chi connectivity index (χ1v) is 5.87. The third-order valence-electron chi connectivity index (χ3n) is 3.25. The van der Waals surface area contributed by atoms with E-state index in [0.29, 0.717) is 12.5 Å². The highest BCUT2D eigenvalue weighted by molar-refractivity contribution is 5.81. The van der Waals surface area contributed by atoms with Gasteiger partial charge in [0.25, 0.3) is 0 Å². The van der Waals surface area contributed by atoms with Crippen molar-refractivity contribution in [3.05, 3.63) is 18.0 Å². The number of hydrogen-bond donors (Lipinski definition) is 2. The van der Waals surface area contributed by atoms with Gasteiger partial charge < -0.3 is 10.9 Å². The summed E-state index contributed by atoms with van der Waals surface area (Å²) in [7, 11) is 1.94. The number of likely N-dealkylation sites (tertiary alicyclic amines) is 1. The van der Waals surface area contributed by atoms with Gasteiger partial charge in [0, 0.05) is 19.2 Å². The molecule has 0 aliphatic carbocycles. The van der Waals surface area contributed by atoms with Crippen molar-refractivity contribution in [2.24, 2.45) is 17.9 Å². The van der Waals surface area contributed by atoms with Crippen LogP contribution in [0.15, 0.2) is 17.4 Å². The van der Waals surface area contributed by atoms with Gasteiger partial charge in [0.1, 0.15) is 0 Å². The SMILES string of the molecule is Cn1ccc(C2CCN(C/C(N)=N/O)CC2)n1. The number of aryl methyl sites for hydroxylation is 1. The van der Waals surface area contributed by atoms with E-state index in [0.717, 1.165) is 25.9 Å². The molecule has 17 heavy (non-hydrogen) atoms. The summed E-state index contributed by atoms with van der Waals surface area (Å²) in [6.07, 6.45) is 4.14. The maximum atomic E-state index is 8.52. The number of aromatic nitrogens is 2. The molecule has 3 N–H and O–H groups in total. The average Bonchev–Trinajstić information content (AvgIpc) is 2.77. The Morgan fingerprint density at radius 1 is 1.59 bits per heavy atom. The predicted octanol–water partition coefficient (Wildman–Crippen LogP) is 0.346. The summed E-state index contributed by atoms with van der Waals surface area (Å²) in [4.78, 5) is 2.20. The second-order valence-corrected chi connectivity index (χ2v) is 4.56. The number of hydrogen-bond acceptors (Lipinski definition) is 4. The van der Waals surface area contributed by atoms with Crippen molar-refractivity contribution in [1.29, 1.82) is 0 Å². The van der Waals surface area contributed by atoms with Gasteiger partial charge in [-0.3, -0.25) is 9.58 Å². The fourth-order valence-corrected chi connectivity index (χ4v) is 2.30. The monoisotopic (exact) mass is 237 g/mol. The summed E-state index contributed by atoms with van der Waals surface area (Å²) < 4.78 is 1.85. The topological polar surface area (TPSA) is 79.7 Å². The molecule has 0 spiro atoms. The zero-order valence-corrected chi connectivity index (χ0v) is 10.1. The van der Waals surface area contributed by atoms with E-state index in [1.165, 1.54) is 5.69 Å². The van der Waals surface area contributed by atoms with Crippen LogP contribution in [0.1, 0.15) is 24.5 Å². The lowest BCUT2D eigenvalue weighted by Crippen LogP contribution is -2.39. The molecule has 6 heteroatoms. The van der Waals surface area contributed by atoms with E-state index in [2.05, 4.69) is 21.2 Å². The normalized spacial score (nSPS) is 19.7. The van der Waals surface area contributed by atoms with E-state index >= 15 is 0 Å². The number of oxime groups is 1. The molecule has 0 bridgehead atoms. The van der Waals surface area contributed by atoms with Gasteiger partial charge in [-0.1, -0.05) is 5.16 Å². The second-order valence-electron chi connectivity index (χ2n) is 4.56. The van der Waals surface area contributed by atoms with Crippen molar-refractivity contribution < 1.29 is 5.21 Å². The predicted molar refractivity (Wildman–Crippen MR) is 65.0 cm³/mol. The summed E-state index contributed by atoms with van der Waals surface area (Å²) in [6, 6.07) is 2.09. The number of nitrogens with two attached hydrogens (primary N) is 1. The molecule has 1 aromatic heterocycles.